The van der Waals surface area contributed by atoms with Gasteiger partial charge in [0.1, 0.15) is 0 Å². The molecule has 2 heteroatoms. The fourth-order valence-electron chi connectivity index (χ4n) is 9.34. The van der Waals surface area contributed by atoms with Crippen molar-refractivity contribution in [2.75, 3.05) is 11.4 Å². The number of hydrogen-bond acceptors (Lipinski definition) is 1. The Morgan fingerprint density at radius 1 is 0.519 bits per heavy atom. The SMILES string of the molecule is C=C1/C=C(/c2ccccc2)CCN(c2ccccc2)c2ccc(-c3ccc4c(c3)c3c(n4-c4ccc5c6c(cccc46)-c4ccccc4-5)CCC=C3)cc21. The molecule has 8 aromatic rings. The van der Waals surface area contributed by atoms with Crippen molar-refractivity contribution >= 4 is 50.3 Å². The number of hydrogen-bond donors (Lipinski definition) is 0. The average molecular weight is 691 g/mol. The molecule has 0 bridgehead atoms. The monoisotopic (exact) mass is 690 g/mol. The van der Waals surface area contributed by atoms with E-state index in [0.717, 1.165) is 36.9 Å². The predicted octanol–water partition coefficient (Wildman–Crippen LogP) is 13.7. The molecule has 0 N–H and O–H groups in total. The molecule has 0 fully saturated rings. The zero-order chi connectivity index (χ0) is 35.8. The summed E-state index contributed by atoms with van der Waals surface area (Å²) in [6.07, 6.45) is 9.99. The second-order valence-electron chi connectivity index (χ2n) is 14.8. The average Bonchev–Trinajstić information content (AvgIpc) is 3.74. The van der Waals surface area contributed by atoms with Crippen LogP contribution in [0.1, 0.15) is 35.2 Å². The van der Waals surface area contributed by atoms with Crippen LogP contribution in [0, 0.1) is 0 Å². The number of allylic oxidation sites excluding steroid dienone is 3. The highest BCUT2D eigenvalue weighted by atomic mass is 15.1. The molecule has 2 heterocycles. The van der Waals surface area contributed by atoms with Crippen molar-refractivity contribution in [1.29, 1.82) is 0 Å². The van der Waals surface area contributed by atoms with E-state index < -0.39 is 0 Å². The van der Waals surface area contributed by atoms with Gasteiger partial charge in [0.05, 0.1) is 11.2 Å². The normalized spacial score (nSPS) is 15.4. The Morgan fingerprint density at radius 2 is 1.22 bits per heavy atom. The van der Waals surface area contributed by atoms with Gasteiger partial charge in [0, 0.05) is 45.5 Å². The zero-order valence-electron chi connectivity index (χ0n) is 30.1. The highest BCUT2D eigenvalue weighted by Crippen LogP contribution is 2.49. The van der Waals surface area contributed by atoms with Crippen molar-refractivity contribution < 1.29 is 0 Å². The summed E-state index contributed by atoms with van der Waals surface area (Å²) in [4.78, 5) is 2.46. The van der Waals surface area contributed by atoms with Gasteiger partial charge in [0.25, 0.3) is 0 Å². The maximum absolute atomic E-state index is 4.68. The molecule has 1 aliphatic heterocycles. The molecule has 11 rings (SSSR count). The summed E-state index contributed by atoms with van der Waals surface area (Å²) >= 11 is 0. The van der Waals surface area contributed by atoms with E-state index in [9.17, 15) is 0 Å². The van der Waals surface area contributed by atoms with E-state index in [1.54, 1.807) is 0 Å². The first-order chi connectivity index (χ1) is 26.7. The van der Waals surface area contributed by atoms with Gasteiger partial charge in [-0.15, -0.1) is 0 Å². The summed E-state index contributed by atoms with van der Waals surface area (Å²) < 4.78 is 2.56. The fourth-order valence-corrected chi connectivity index (χ4v) is 9.34. The third kappa shape index (κ3) is 4.73. The van der Waals surface area contributed by atoms with Crippen molar-refractivity contribution in [3.8, 4) is 39.1 Å². The Hall–Kier alpha value is -6.64. The lowest BCUT2D eigenvalue weighted by molar-refractivity contribution is 0.892. The molecule has 0 saturated heterocycles. The number of nitrogens with zero attached hydrogens (tertiary/aromatic N) is 2. The Balaban J connectivity index is 1.07. The maximum atomic E-state index is 4.68. The molecule has 0 atom stereocenters. The number of fused-ring (bicyclic) bond motifs is 7. The first-order valence-electron chi connectivity index (χ1n) is 19.1. The van der Waals surface area contributed by atoms with Crippen LogP contribution in [0.15, 0.2) is 170 Å². The van der Waals surface area contributed by atoms with E-state index in [1.165, 1.54) is 94.5 Å². The van der Waals surface area contributed by atoms with Crippen LogP contribution in [0.5, 0.6) is 0 Å². The largest absolute Gasteiger partial charge is 0.341 e. The summed E-state index contributed by atoms with van der Waals surface area (Å²) in [5, 5.41) is 3.98. The molecule has 0 amide bonds. The maximum Gasteiger partial charge on any atom is 0.0538 e. The van der Waals surface area contributed by atoms with Gasteiger partial charge in [-0.05, 0) is 117 Å². The Morgan fingerprint density at radius 3 is 2.06 bits per heavy atom. The lowest BCUT2D eigenvalue weighted by Crippen LogP contribution is -2.21. The Labute approximate surface area is 316 Å². The lowest BCUT2D eigenvalue weighted by Gasteiger charge is -2.30. The van der Waals surface area contributed by atoms with Crippen molar-refractivity contribution in [2.24, 2.45) is 0 Å². The van der Waals surface area contributed by atoms with Gasteiger partial charge in [-0.25, -0.2) is 0 Å². The van der Waals surface area contributed by atoms with Crippen LogP contribution >= 0.6 is 0 Å². The third-order valence-corrected chi connectivity index (χ3v) is 11.8. The number of benzene rings is 7. The molecule has 1 aromatic heterocycles. The van der Waals surface area contributed by atoms with Crippen molar-refractivity contribution in [1.82, 2.24) is 4.57 Å². The molecular weight excluding hydrogens is 653 g/mol. The Bertz CT molecular complexity index is 2860. The van der Waals surface area contributed by atoms with Crippen LogP contribution < -0.4 is 4.90 Å². The molecule has 2 aliphatic carbocycles. The summed E-state index contributed by atoms with van der Waals surface area (Å²) in [6.45, 7) is 5.56. The van der Waals surface area contributed by atoms with E-state index >= 15 is 0 Å². The van der Waals surface area contributed by atoms with Crippen LogP contribution in [0.2, 0.25) is 0 Å². The van der Waals surface area contributed by atoms with Crippen LogP contribution in [-0.2, 0) is 6.42 Å². The zero-order valence-corrected chi connectivity index (χ0v) is 30.1. The second kappa shape index (κ2) is 12.2. The van der Waals surface area contributed by atoms with Crippen LogP contribution in [-0.4, -0.2) is 11.1 Å². The number of rotatable bonds is 4. The molecule has 0 unspecified atom stereocenters. The van der Waals surface area contributed by atoms with E-state index in [-0.39, 0.29) is 0 Å². The summed E-state index contributed by atoms with van der Waals surface area (Å²) in [6, 6.07) is 56.0. The third-order valence-electron chi connectivity index (χ3n) is 11.8. The second-order valence-corrected chi connectivity index (χ2v) is 14.8. The highest BCUT2D eigenvalue weighted by molar-refractivity contribution is 6.17. The summed E-state index contributed by atoms with van der Waals surface area (Å²) in [7, 11) is 0. The van der Waals surface area contributed by atoms with Gasteiger partial charge in [0.2, 0.25) is 0 Å². The molecular formula is C52H38N2. The molecule has 7 aromatic carbocycles. The van der Waals surface area contributed by atoms with Gasteiger partial charge in [-0.2, -0.15) is 0 Å². The van der Waals surface area contributed by atoms with Crippen molar-refractivity contribution in [3.05, 3.63) is 193 Å². The van der Waals surface area contributed by atoms with Crippen LogP contribution in [0.4, 0.5) is 11.4 Å². The molecule has 0 radical (unpaired) electrons. The standard InChI is InChI=1S/C52H38N2/c1-34-31-38(35-13-4-2-5-14-35)29-30-53(39-15-6-3-7-16-39)48-26-23-36(32-46(34)48)37-24-27-51-47(33-37)42-19-10-11-22-49(42)54(51)50-28-25-44-41-18-9-8-17-40(41)43-20-12-21-45(50)52(43)44/h2-10,12-21,23-28,31-33H,1,11,22,29-30H2/b38-31+. The number of anilines is 2. The minimum absolute atomic E-state index is 0.881. The van der Waals surface area contributed by atoms with Gasteiger partial charge in [-0.3, -0.25) is 0 Å². The molecule has 54 heavy (non-hydrogen) atoms. The fraction of sp³-hybridized carbons (Fsp3) is 0.0769. The Kier molecular flexibility index (Phi) is 7.00. The molecule has 2 nitrogen and oxygen atoms in total. The van der Waals surface area contributed by atoms with Gasteiger partial charge in [-0.1, -0.05) is 134 Å². The molecule has 0 spiro atoms. The minimum Gasteiger partial charge on any atom is -0.341 e. The van der Waals surface area contributed by atoms with Crippen molar-refractivity contribution in [2.45, 2.75) is 19.3 Å². The van der Waals surface area contributed by atoms with Crippen LogP contribution in [0.3, 0.4) is 0 Å². The van der Waals surface area contributed by atoms with Gasteiger partial charge >= 0.3 is 0 Å². The number of aromatic nitrogens is 1. The van der Waals surface area contributed by atoms with E-state index in [2.05, 4.69) is 186 Å². The minimum atomic E-state index is 0.881. The first-order valence-corrected chi connectivity index (χ1v) is 19.1. The van der Waals surface area contributed by atoms with E-state index in [0.29, 0.717) is 0 Å². The quantitative estimate of drug-likeness (QED) is 0.178. The molecule has 256 valence electrons. The topological polar surface area (TPSA) is 8.17 Å². The van der Waals surface area contributed by atoms with Crippen LogP contribution in [0.25, 0.3) is 78.0 Å². The summed E-state index contributed by atoms with van der Waals surface area (Å²) in [5.74, 6) is 0. The predicted molar refractivity (Wildman–Crippen MR) is 230 cm³/mol. The lowest BCUT2D eigenvalue weighted by atomic mass is 9.91. The van der Waals surface area contributed by atoms with E-state index in [1.807, 2.05) is 0 Å². The molecule has 0 saturated carbocycles. The highest BCUT2D eigenvalue weighted by Gasteiger charge is 2.26. The first kappa shape index (κ1) is 30.9. The van der Waals surface area contributed by atoms with E-state index in [4.69, 9.17) is 0 Å². The smallest absolute Gasteiger partial charge is 0.0538 e. The van der Waals surface area contributed by atoms with Gasteiger partial charge < -0.3 is 9.47 Å². The number of para-hydroxylation sites is 1. The molecule has 3 aliphatic rings. The summed E-state index contributed by atoms with van der Waals surface area (Å²) in [5.41, 5.74) is 20.2. The van der Waals surface area contributed by atoms with Gasteiger partial charge in [0.15, 0.2) is 0 Å². The van der Waals surface area contributed by atoms with Crippen molar-refractivity contribution in [3.63, 3.8) is 0 Å².